The van der Waals surface area contributed by atoms with E-state index in [2.05, 4.69) is 0 Å². The molecule has 1 heterocycles. The van der Waals surface area contributed by atoms with Crippen molar-refractivity contribution in [2.24, 2.45) is 0 Å². The molecule has 0 atom stereocenters. The first-order chi connectivity index (χ1) is 10.5. The van der Waals surface area contributed by atoms with Gasteiger partial charge in [-0.3, -0.25) is 4.79 Å². The predicted molar refractivity (Wildman–Crippen MR) is 74.0 cm³/mol. The van der Waals surface area contributed by atoms with Gasteiger partial charge in [0.05, 0.1) is 17.5 Å². The Balaban J connectivity index is 2.38. The van der Waals surface area contributed by atoms with E-state index >= 15 is 0 Å². The molecule has 3 rings (SSSR count). The standard InChI is InChI=1S/C15H13F2NO4/c1-2-22-15(21)9-6-18(7-3-4-7)12-8(13(9)19)5-10(16)11(17)14(12)20/h5-7,20H,2-4H2,1H3. The van der Waals surface area contributed by atoms with Crippen LogP contribution in [0.2, 0.25) is 0 Å². The number of phenolic OH excluding ortho intramolecular Hbond substituents is 1. The van der Waals surface area contributed by atoms with Crippen molar-refractivity contribution in [3.63, 3.8) is 0 Å². The maximum absolute atomic E-state index is 13.6. The topological polar surface area (TPSA) is 68.5 Å². The lowest BCUT2D eigenvalue weighted by Crippen LogP contribution is -2.21. The molecule has 1 fully saturated rings. The van der Waals surface area contributed by atoms with Gasteiger partial charge in [0.2, 0.25) is 11.2 Å². The summed E-state index contributed by atoms with van der Waals surface area (Å²) in [7, 11) is 0. The molecule has 0 radical (unpaired) electrons. The number of carbonyl (C=O) groups is 1. The summed E-state index contributed by atoms with van der Waals surface area (Å²) in [6, 6.07) is 0.640. The number of aromatic nitrogens is 1. The Bertz CT molecular complexity index is 840. The number of pyridine rings is 1. The summed E-state index contributed by atoms with van der Waals surface area (Å²) in [4.78, 5) is 24.2. The molecule has 1 saturated carbocycles. The van der Waals surface area contributed by atoms with Gasteiger partial charge in [-0.2, -0.15) is 4.39 Å². The molecule has 0 aliphatic heterocycles. The Kier molecular flexibility index (Phi) is 3.35. The highest BCUT2D eigenvalue weighted by atomic mass is 19.2. The Morgan fingerprint density at radius 1 is 1.45 bits per heavy atom. The third-order valence-corrected chi connectivity index (χ3v) is 3.62. The smallest absolute Gasteiger partial charge is 0.343 e. The molecule has 2 aromatic rings. The summed E-state index contributed by atoms with van der Waals surface area (Å²) in [6.45, 7) is 1.68. The SMILES string of the molecule is CCOC(=O)c1cn(C2CC2)c2c(O)c(F)c(F)cc2c1=O. The van der Waals surface area contributed by atoms with E-state index in [1.165, 1.54) is 10.8 Å². The highest BCUT2D eigenvalue weighted by molar-refractivity contribution is 5.95. The molecule has 1 aliphatic carbocycles. The van der Waals surface area contributed by atoms with E-state index in [9.17, 15) is 23.5 Å². The zero-order valence-electron chi connectivity index (χ0n) is 11.7. The van der Waals surface area contributed by atoms with Crippen LogP contribution in [0.15, 0.2) is 17.1 Å². The van der Waals surface area contributed by atoms with Crippen molar-refractivity contribution in [2.75, 3.05) is 6.61 Å². The zero-order chi connectivity index (χ0) is 16.0. The maximum Gasteiger partial charge on any atom is 0.343 e. The number of halogens is 2. The Hall–Kier alpha value is -2.44. The van der Waals surface area contributed by atoms with Crippen LogP contribution in [-0.2, 0) is 4.74 Å². The van der Waals surface area contributed by atoms with Crippen LogP contribution >= 0.6 is 0 Å². The lowest BCUT2D eigenvalue weighted by atomic mass is 10.1. The minimum absolute atomic E-state index is 0.0629. The van der Waals surface area contributed by atoms with Crippen molar-refractivity contribution in [1.29, 1.82) is 0 Å². The summed E-state index contributed by atoms with van der Waals surface area (Å²) in [5.41, 5.74) is -1.15. The van der Waals surface area contributed by atoms with Crippen LogP contribution < -0.4 is 5.43 Å². The first-order valence-electron chi connectivity index (χ1n) is 6.88. The second-order valence-electron chi connectivity index (χ2n) is 5.15. The lowest BCUT2D eigenvalue weighted by molar-refractivity contribution is 0.0524. The van der Waals surface area contributed by atoms with E-state index in [-0.39, 0.29) is 29.1 Å². The number of esters is 1. The number of nitrogens with zero attached hydrogens (tertiary/aromatic N) is 1. The molecule has 1 aliphatic rings. The van der Waals surface area contributed by atoms with Crippen LogP contribution in [0.4, 0.5) is 8.78 Å². The molecule has 0 amide bonds. The summed E-state index contributed by atoms with van der Waals surface area (Å²) < 4.78 is 33.4. The number of fused-ring (bicyclic) bond motifs is 1. The minimum Gasteiger partial charge on any atom is -0.503 e. The summed E-state index contributed by atoms with van der Waals surface area (Å²) in [5.74, 6) is -4.50. The number of aromatic hydroxyl groups is 1. The van der Waals surface area contributed by atoms with Crippen LogP contribution in [0, 0.1) is 11.6 Å². The van der Waals surface area contributed by atoms with E-state index in [0.29, 0.717) is 6.07 Å². The molecule has 0 spiro atoms. The van der Waals surface area contributed by atoms with E-state index in [1.54, 1.807) is 6.92 Å². The normalized spacial score (nSPS) is 14.3. The highest BCUT2D eigenvalue weighted by Gasteiger charge is 2.30. The van der Waals surface area contributed by atoms with Gasteiger partial charge in [-0.1, -0.05) is 0 Å². The number of hydrogen-bond acceptors (Lipinski definition) is 4. The fraction of sp³-hybridized carbons (Fsp3) is 0.333. The third kappa shape index (κ3) is 2.13. The number of rotatable bonds is 3. The van der Waals surface area contributed by atoms with Gasteiger partial charge < -0.3 is 14.4 Å². The Labute approximate surface area is 123 Å². The number of carbonyl (C=O) groups excluding carboxylic acids is 1. The van der Waals surface area contributed by atoms with E-state index in [0.717, 1.165) is 12.8 Å². The Morgan fingerprint density at radius 2 is 2.14 bits per heavy atom. The van der Waals surface area contributed by atoms with Gasteiger partial charge in [-0.25, -0.2) is 9.18 Å². The van der Waals surface area contributed by atoms with Crippen molar-refractivity contribution in [3.05, 3.63) is 39.7 Å². The molecule has 1 aromatic heterocycles. The molecule has 22 heavy (non-hydrogen) atoms. The lowest BCUT2D eigenvalue weighted by Gasteiger charge is -2.14. The van der Waals surface area contributed by atoms with Gasteiger partial charge in [-0.05, 0) is 25.8 Å². The zero-order valence-corrected chi connectivity index (χ0v) is 11.7. The van der Waals surface area contributed by atoms with Crippen LogP contribution in [0.5, 0.6) is 5.75 Å². The minimum atomic E-state index is -1.41. The van der Waals surface area contributed by atoms with Crippen LogP contribution in [-0.4, -0.2) is 22.2 Å². The average Bonchev–Trinajstić information content (AvgIpc) is 3.30. The van der Waals surface area contributed by atoms with Crippen LogP contribution in [0.25, 0.3) is 10.9 Å². The fourth-order valence-electron chi connectivity index (χ4n) is 2.44. The first kappa shape index (κ1) is 14.5. The summed E-state index contributed by atoms with van der Waals surface area (Å²) >= 11 is 0. The molecule has 1 N–H and O–H groups in total. The molecule has 0 unspecified atom stereocenters. The maximum atomic E-state index is 13.6. The molecule has 116 valence electrons. The number of hydrogen-bond donors (Lipinski definition) is 1. The van der Waals surface area contributed by atoms with Gasteiger partial charge in [0, 0.05) is 12.2 Å². The highest BCUT2D eigenvalue weighted by Crippen LogP contribution is 2.40. The fourth-order valence-corrected chi connectivity index (χ4v) is 2.44. The van der Waals surface area contributed by atoms with Crippen LogP contribution in [0.1, 0.15) is 36.2 Å². The number of benzene rings is 1. The van der Waals surface area contributed by atoms with Gasteiger partial charge >= 0.3 is 5.97 Å². The molecular formula is C15H13F2NO4. The molecule has 0 saturated heterocycles. The van der Waals surface area contributed by atoms with Crippen molar-refractivity contribution >= 4 is 16.9 Å². The van der Waals surface area contributed by atoms with Gasteiger partial charge in [0.15, 0.2) is 11.6 Å². The monoisotopic (exact) mass is 309 g/mol. The second kappa shape index (κ2) is 5.08. The second-order valence-corrected chi connectivity index (χ2v) is 5.15. The van der Waals surface area contributed by atoms with Gasteiger partial charge in [-0.15, -0.1) is 0 Å². The van der Waals surface area contributed by atoms with Gasteiger partial charge in [0.1, 0.15) is 5.56 Å². The quantitative estimate of drug-likeness (QED) is 0.885. The summed E-state index contributed by atoms with van der Waals surface area (Å²) in [6.07, 6.45) is 2.77. The molecule has 7 heteroatoms. The summed E-state index contributed by atoms with van der Waals surface area (Å²) in [5, 5.41) is 9.62. The van der Waals surface area contributed by atoms with Crippen molar-refractivity contribution < 1.29 is 23.4 Å². The van der Waals surface area contributed by atoms with Crippen molar-refractivity contribution in [2.45, 2.75) is 25.8 Å². The van der Waals surface area contributed by atoms with E-state index in [4.69, 9.17) is 4.74 Å². The predicted octanol–water partition coefficient (Wildman–Crippen LogP) is 2.50. The Morgan fingerprint density at radius 3 is 2.73 bits per heavy atom. The molecular weight excluding hydrogens is 296 g/mol. The molecule has 1 aromatic carbocycles. The van der Waals surface area contributed by atoms with Crippen molar-refractivity contribution in [3.8, 4) is 5.75 Å². The third-order valence-electron chi connectivity index (χ3n) is 3.62. The molecule has 5 nitrogen and oxygen atoms in total. The number of ether oxygens (including phenoxy) is 1. The largest absolute Gasteiger partial charge is 0.503 e. The first-order valence-corrected chi connectivity index (χ1v) is 6.88. The van der Waals surface area contributed by atoms with E-state index in [1.807, 2.05) is 0 Å². The average molecular weight is 309 g/mol. The van der Waals surface area contributed by atoms with Gasteiger partial charge in [0.25, 0.3) is 0 Å². The number of phenols is 1. The van der Waals surface area contributed by atoms with Crippen molar-refractivity contribution in [1.82, 2.24) is 4.57 Å². The van der Waals surface area contributed by atoms with E-state index < -0.39 is 28.8 Å². The molecule has 0 bridgehead atoms. The van der Waals surface area contributed by atoms with Crippen LogP contribution in [0.3, 0.4) is 0 Å².